The third kappa shape index (κ3) is 3.49. The minimum absolute atomic E-state index is 1.14. The van der Waals surface area contributed by atoms with Crippen molar-refractivity contribution in [3.63, 3.8) is 0 Å². The summed E-state index contributed by atoms with van der Waals surface area (Å²) in [7, 11) is -1.14. The lowest BCUT2D eigenvalue weighted by molar-refractivity contribution is 1.34. The molecule has 1 heterocycles. The van der Waals surface area contributed by atoms with E-state index in [1.165, 1.54) is 86.6 Å². The Morgan fingerprint density at radius 1 is 0.415 bits per heavy atom. The molecule has 41 heavy (non-hydrogen) atoms. The standard InChI is InChI=1S/C40H32S/c1-25-20-21-28(22-26(25)2)39-32-16-7-8-17-33(32)40(31-18-11-13-27-12-5-6-14-29(27)31)36-24-38-34(23-35(36)39)30-15-9-10-19-37(30)41(38,3)4/h5-24H,1-4H3. The predicted molar refractivity (Wildman–Crippen MR) is 181 cm³/mol. The largest absolute Gasteiger partial charge is 0.192 e. The molecule has 7 aromatic rings. The first kappa shape index (κ1) is 24.5. The van der Waals surface area contributed by atoms with Gasteiger partial charge in [0.15, 0.2) is 0 Å². The Hall–Kier alpha value is -4.33. The van der Waals surface area contributed by atoms with Crippen LogP contribution in [0.15, 0.2) is 131 Å². The van der Waals surface area contributed by atoms with Crippen LogP contribution in [0.25, 0.3) is 65.7 Å². The molecule has 8 rings (SSSR count). The van der Waals surface area contributed by atoms with Crippen LogP contribution in [0.5, 0.6) is 0 Å². The highest BCUT2D eigenvalue weighted by molar-refractivity contribution is 8.33. The molecule has 0 saturated heterocycles. The summed E-state index contributed by atoms with van der Waals surface area (Å²) in [6.45, 7) is 4.43. The van der Waals surface area contributed by atoms with Gasteiger partial charge in [-0.25, -0.2) is 0 Å². The topological polar surface area (TPSA) is 0 Å². The molecular weight excluding hydrogens is 513 g/mol. The Kier molecular flexibility index (Phi) is 5.27. The van der Waals surface area contributed by atoms with E-state index in [0.717, 1.165) is 0 Å². The SMILES string of the molecule is Cc1ccc(-c2c3ccccc3c(-c3cccc4ccccc34)c3cc4c(cc23)-c2ccccc2S4(C)C)cc1C. The first-order valence-corrected chi connectivity index (χ1v) is 16.8. The summed E-state index contributed by atoms with van der Waals surface area (Å²) in [5, 5.41) is 7.88. The molecule has 198 valence electrons. The Balaban J connectivity index is 1.61. The molecule has 7 aromatic carbocycles. The number of benzene rings is 7. The summed E-state index contributed by atoms with van der Waals surface area (Å²) in [4.78, 5) is 2.99. The van der Waals surface area contributed by atoms with Crippen LogP contribution >= 0.6 is 10.0 Å². The third-order valence-electron chi connectivity index (χ3n) is 9.26. The molecule has 0 fully saturated rings. The van der Waals surface area contributed by atoms with E-state index in [-0.39, 0.29) is 0 Å². The smallest absolute Gasteiger partial charge is 0.00219 e. The zero-order chi connectivity index (χ0) is 27.9. The molecule has 0 N–H and O–H groups in total. The second kappa shape index (κ2) is 8.83. The van der Waals surface area contributed by atoms with Crippen molar-refractivity contribution in [2.45, 2.75) is 23.6 Å². The summed E-state index contributed by atoms with van der Waals surface area (Å²) in [5.74, 6) is 0. The average molecular weight is 545 g/mol. The molecule has 1 aliphatic rings. The Morgan fingerprint density at radius 2 is 1.05 bits per heavy atom. The number of rotatable bonds is 2. The Labute approximate surface area is 243 Å². The minimum Gasteiger partial charge on any atom is -0.192 e. The Bertz CT molecular complexity index is 2190. The maximum absolute atomic E-state index is 2.56. The molecule has 0 amide bonds. The summed E-state index contributed by atoms with van der Waals surface area (Å²) in [6.07, 6.45) is 4.93. The van der Waals surface area contributed by atoms with Crippen LogP contribution in [0.2, 0.25) is 0 Å². The first-order chi connectivity index (χ1) is 19.9. The van der Waals surface area contributed by atoms with Gasteiger partial charge in [-0.15, -0.1) is 0 Å². The van der Waals surface area contributed by atoms with Gasteiger partial charge in [-0.05, 0) is 121 Å². The maximum atomic E-state index is 2.56. The molecule has 0 bridgehead atoms. The lowest BCUT2D eigenvalue weighted by atomic mass is 9.83. The van der Waals surface area contributed by atoms with E-state index in [0.29, 0.717) is 0 Å². The number of fused-ring (bicyclic) bond motifs is 6. The Morgan fingerprint density at radius 3 is 1.85 bits per heavy atom. The van der Waals surface area contributed by atoms with Crippen molar-refractivity contribution in [3.8, 4) is 33.4 Å². The fourth-order valence-corrected chi connectivity index (χ4v) is 9.54. The number of aryl methyl sites for hydroxylation is 2. The first-order valence-electron chi connectivity index (χ1n) is 14.3. The van der Waals surface area contributed by atoms with Crippen LogP contribution in [0.1, 0.15) is 11.1 Å². The number of hydrogen-bond donors (Lipinski definition) is 0. The van der Waals surface area contributed by atoms with Crippen LogP contribution in [-0.4, -0.2) is 12.5 Å². The highest BCUT2D eigenvalue weighted by atomic mass is 32.3. The molecule has 1 heteroatoms. The second-order valence-corrected chi connectivity index (χ2v) is 15.4. The quantitative estimate of drug-likeness (QED) is 0.190. The number of hydrogen-bond acceptors (Lipinski definition) is 0. The van der Waals surface area contributed by atoms with E-state index in [1.807, 2.05) is 0 Å². The monoisotopic (exact) mass is 544 g/mol. The fraction of sp³-hybridized carbons (Fsp3) is 0.100. The lowest BCUT2D eigenvalue weighted by Crippen LogP contribution is -1.96. The summed E-state index contributed by atoms with van der Waals surface area (Å²) in [5.41, 5.74) is 10.7. The van der Waals surface area contributed by atoms with E-state index < -0.39 is 10.0 Å². The minimum atomic E-state index is -1.14. The fourth-order valence-electron chi connectivity index (χ4n) is 7.03. The molecule has 0 radical (unpaired) electrons. The summed E-state index contributed by atoms with van der Waals surface area (Å²) >= 11 is 0. The molecule has 1 aliphatic heterocycles. The van der Waals surface area contributed by atoms with Crippen LogP contribution in [0.4, 0.5) is 0 Å². The lowest BCUT2D eigenvalue weighted by Gasteiger charge is -2.29. The highest BCUT2D eigenvalue weighted by Gasteiger charge is 2.33. The predicted octanol–water partition coefficient (Wildman–Crippen LogP) is 11.6. The summed E-state index contributed by atoms with van der Waals surface area (Å²) in [6, 6.07) is 45.8. The van der Waals surface area contributed by atoms with Gasteiger partial charge < -0.3 is 0 Å². The van der Waals surface area contributed by atoms with Crippen molar-refractivity contribution in [2.75, 3.05) is 12.5 Å². The third-order valence-corrected chi connectivity index (χ3v) is 12.1. The van der Waals surface area contributed by atoms with E-state index >= 15 is 0 Å². The second-order valence-electron chi connectivity index (χ2n) is 11.8. The van der Waals surface area contributed by atoms with Crippen LogP contribution in [0, 0.1) is 13.8 Å². The zero-order valence-corrected chi connectivity index (χ0v) is 24.8. The van der Waals surface area contributed by atoms with Gasteiger partial charge in [0.2, 0.25) is 0 Å². The van der Waals surface area contributed by atoms with Gasteiger partial charge in [0, 0.05) is 9.79 Å². The van der Waals surface area contributed by atoms with Crippen molar-refractivity contribution in [1.29, 1.82) is 0 Å². The normalized spacial score (nSPS) is 14.3. The molecule has 0 spiro atoms. The highest BCUT2D eigenvalue weighted by Crippen LogP contribution is 2.68. The van der Waals surface area contributed by atoms with Gasteiger partial charge in [-0.2, -0.15) is 10.0 Å². The molecule has 0 saturated carbocycles. The molecule has 0 unspecified atom stereocenters. The van der Waals surface area contributed by atoms with Crippen LogP contribution < -0.4 is 0 Å². The van der Waals surface area contributed by atoms with Crippen molar-refractivity contribution in [3.05, 3.63) is 132 Å². The van der Waals surface area contributed by atoms with E-state index in [4.69, 9.17) is 0 Å². The van der Waals surface area contributed by atoms with Gasteiger partial charge in [0.1, 0.15) is 0 Å². The maximum Gasteiger partial charge on any atom is 0.00219 e. The van der Waals surface area contributed by atoms with Crippen molar-refractivity contribution < 1.29 is 0 Å². The molecule has 0 nitrogen and oxygen atoms in total. The zero-order valence-electron chi connectivity index (χ0n) is 24.0. The van der Waals surface area contributed by atoms with Gasteiger partial charge in [0.05, 0.1) is 0 Å². The van der Waals surface area contributed by atoms with E-state index in [1.54, 1.807) is 0 Å². The van der Waals surface area contributed by atoms with Crippen molar-refractivity contribution >= 4 is 42.3 Å². The molecular formula is C40H32S. The van der Waals surface area contributed by atoms with Gasteiger partial charge in [-0.1, -0.05) is 103 Å². The van der Waals surface area contributed by atoms with Gasteiger partial charge in [0.25, 0.3) is 0 Å². The van der Waals surface area contributed by atoms with Crippen molar-refractivity contribution in [1.82, 2.24) is 0 Å². The van der Waals surface area contributed by atoms with Gasteiger partial charge in [-0.3, -0.25) is 0 Å². The van der Waals surface area contributed by atoms with Crippen molar-refractivity contribution in [2.24, 2.45) is 0 Å². The molecule has 0 atom stereocenters. The van der Waals surface area contributed by atoms with E-state index in [9.17, 15) is 0 Å². The average Bonchev–Trinajstić information content (AvgIpc) is 3.22. The van der Waals surface area contributed by atoms with E-state index in [2.05, 4.69) is 148 Å². The van der Waals surface area contributed by atoms with Crippen LogP contribution in [-0.2, 0) is 0 Å². The van der Waals surface area contributed by atoms with Crippen LogP contribution in [0.3, 0.4) is 0 Å². The van der Waals surface area contributed by atoms with Gasteiger partial charge >= 0.3 is 0 Å². The molecule has 0 aliphatic carbocycles. The summed E-state index contributed by atoms with van der Waals surface area (Å²) < 4.78 is 0. The molecule has 0 aromatic heterocycles.